The molecule has 0 spiro atoms. The summed E-state index contributed by atoms with van der Waals surface area (Å²) in [5, 5.41) is 3.54. The zero-order chi connectivity index (χ0) is 9.26. The molecule has 1 atom stereocenters. The van der Waals surface area contributed by atoms with Crippen molar-refractivity contribution >= 4 is 11.3 Å². The first-order valence-electron chi connectivity index (χ1n) is 4.95. The minimum Gasteiger partial charge on any atom is -0.328 e. The number of nitrogens with zero attached hydrogens (tertiary/aromatic N) is 1. The predicted molar refractivity (Wildman–Crippen MR) is 56.1 cm³/mol. The van der Waals surface area contributed by atoms with Crippen LogP contribution in [0.2, 0.25) is 0 Å². The van der Waals surface area contributed by atoms with Gasteiger partial charge in [-0.1, -0.05) is 0 Å². The topological polar surface area (TPSA) is 38.9 Å². The highest BCUT2D eigenvalue weighted by molar-refractivity contribution is 7.09. The normalized spacial score (nSPS) is 18.9. The summed E-state index contributed by atoms with van der Waals surface area (Å²) in [6.07, 6.45) is 4.79. The van der Waals surface area contributed by atoms with Gasteiger partial charge in [-0.15, -0.1) is 11.3 Å². The number of nitrogens with two attached hydrogens (primary N) is 1. The lowest BCUT2D eigenvalue weighted by Gasteiger charge is -2.00. The van der Waals surface area contributed by atoms with Crippen molar-refractivity contribution in [2.75, 3.05) is 0 Å². The van der Waals surface area contributed by atoms with E-state index < -0.39 is 0 Å². The van der Waals surface area contributed by atoms with Crippen LogP contribution in [0.5, 0.6) is 0 Å². The second-order valence-corrected chi connectivity index (χ2v) is 4.86. The summed E-state index contributed by atoms with van der Waals surface area (Å²) in [4.78, 5) is 4.61. The molecule has 0 unspecified atom stereocenters. The van der Waals surface area contributed by atoms with E-state index in [4.69, 9.17) is 5.73 Å². The van der Waals surface area contributed by atoms with Crippen molar-refractivity contribution in [2.45, 2.75) is 44.6 Å². The van der Waals surface area contributed by atoms with Gasteiger partial charge in [0, 0.05) is 17.3 Å². The maximum absolute atomic E-state index is 5.69. The molecule has 2 N–H and O–H groups in total. The third-order valence-corrected chi connectivity index (χ3v) is 3.41. The molecule has 2 rings (SSSR count). The van der Waals surface area contributed by atoms with Crippen molar-refractivity contribution in [3.63, 3.8) is 0 Å². The van der Waals surface area contributed by atoms with E-state index in [-0.39, 0.29) is 0 Å². The van der Waals surface area contributed by atoms with Gasteiger partial charge in [-0.3, -0.25) is 0 Å². The Morgan fingerprint density at radius 1 is 1.69 bits per heavy atom. The molecule has 0 radical (unpaired) electrons. The first-order chi connectivity index (χ1) is 6.25. The van der Waals surface area contributed by atoms with Crippen LogP contribution in [0.25, 0.3) is 0 Å². The van der Waals surface area contributed by atoms with E-state index in [0.717, 1.165) is 18.8 Å². The van der Waals surface area contributed by atoms with E-state index in [1.165, 1.54) is 23.5 Å². The number of hydrogen-bond donors (Lipinski definition) is 1. The predicted octanol–water partition coefficient (Wildman–Crippen LogP) is 2.30. The number of aromatic nitrogens is 1. The van der Waals surface area contributed by atoms with Gasteiger partial charge in [-0.2, -0.15) is 0 Å². The van der Waals surface area contributed by atoms with Crippen molar-refractivity contribution < 1.29 is 0 Å². The van der Waals surface area contributed by atoms with Crippen LogP contribution in [0.15, 0.2) is 5.38 Å². The largest absolute Gasteiger partial charge is 0.328 e. The molecular formula is C10H16N2S. The van der Waals surface area contributed by atoms with Crippen LogP contribution >= 0.6 is 11.3 Å². The molecule has 1 saturated carbocycles. The Balaban J connectivity index is 1.89. The van der Waals surface area contributed by atoms with Crippen LogP contribution in [0.4, 0.5) is 0 Å². The third kappa shape index (κ3) is 2.51. The van der Waals surface area contributed by atoms with Gasteiger partial charge in [0.2, 0.25) is 0 Å². The zero-order valence-corrected chi connectivity index (χ0v) is 8.81. The van der Waals surface area contributed by atoms with Gasteiger partial charge in [0.1, 0.15) is 0 Å². The average molecular weight is 196 g/mol. The molecule has 72 valence electrons. The fourth-order valence-corrected chi connectivity index (χ4v) is 2.36. The fraction of sp³-hybridized carbons (Fsp3) is 0.700. The molecule has 0 saturated heterocycles. The van der Waals surface area contributed by atoms with Crippen LogP contribution in [-0.4, -0.2) is 11.0 Å². The Bertz CT molecular complexity index is 276. The highest BCUT2D eigenvalue weighted by Gasteiger charge is 2.26. The van der Waals surface area contributed by atoms with E-state index in [0.29, 0.717) is 6.04 Å². The Hall–Kier alpha value is -0.410. The molecule has 2 nitrogen and oxygen atoms in total. The quantitative estimate of drug-likeness (QED) is 0.802. The van der Waals surface area contributed by atoms with Crippen LogP contribution in [0.1, 0.15) is 42.8 Å². The molecule has 1 aromatic heterocycles. The van der Waals surface area contributed by atoms with Crippen molar-refractivity contribution in [1.82, 2.24) is 4.98 Å². The maximum atomic E-state index is 5.69. The first kappa shape index (κ1) is 9.16. The number of hydrogen-bond acceptors (Lipinski definition) is 3. The molecule has 1 fully saturated rings. The van der Waals surface area contributed by atoms with E-state index in [1.54, 1.807) is 0 Å². The van der Waals surface area contributed by atoms with Gasteiger partial charge < -0.3 is 5.73 Å². The summed E-state index contributed by atoms with van der Waals surface area (Å²) in [6, 6.07) is 0.297. The van der Waals surface area contributed by atoms with Crippen molar-refractivity contribution in [3.05, 3.63) is 16.1 Å². The summed E-state index contributed by atoms with van der Waals surface area (Å²) in [5.41, 5.74) is 6.93. The van der Waals surface area contributed by atoms with Crippen LogP contribution < -0.4 is 5.73 Å². The molecule has 3 heteroatoms. The molecule has 0 bridgehead atoms. The lowest BCUT2D eigenvalue weighted by molar-refractivity contribution is 0.659. The van der Waals surface area contributed by atoms with E-state index >= 15 is 0 Å². The second kappa shape index (κ2) is 3.76. The molecule has 13 heavy (non-hydrogen) atoms. The Morgan fingerprint density at radius 2 is 2.46 bits per heavy atom. The van der Waals surface area contributed by atoms with E-state index in [1.807, 2.05) is 18.3 Å². The summed E-state index contributed by atoms with van der Waals surface area (Å²) in [7, 11) is 0. The lowest BCUT2D eigenvalue weighted by Crippen LogP contribution is -2.15. The summed E-state index contributed by atoms with van der Waals surface area (Å²) < 4.78 is 0. The Morgan fingerprint density at radius 3 is 3.08 bits per heavy atom. The van der Waals surface area contributed by atoms with Gasteiger partial charge in [0.05, 0.1) is 10.7 Å². The maximum Gasteiger partial charge on any atom is 0.0959 e. The molecule has 1 aliphatic carbocycles. The SMILES string of the molecule is C[C@@H](N)CCc1csc(C2CC2)n1. The standard InChI is InChI=1S/C10H16N2S/c1-7(11)2-5-9-6-13-10(12-9)8-3-4-8/h6-8H,2-5,11H2,1H3/t7-/m1/s1. The average Bonchev–Trinajstić information content (AvgIpc) is 2.83. The molecule has 1 heterocycles. The highest BCUT2D eigenvalue weighted by atomic mass is 32.1. The minimum atomic E-state index is 0.297. The zero-order valence-electron chi connectivity index (χ0n) is 7.99. The second-order valence-electron chi connectivity index (χ2n) is 3.97. The van der Waals surface area contributed by atoms with Crippen LogP contribution in [0, 0.1) is 0 Å². The van der Waals surface area contributed by atoms with Gasteiger partial charge in [-0.25, -0.2) is 4.98 Å². The Labute approximate surface area is 83.2 Å². The van der Waals surface area contributed by atoms with E-state index in [2.05, 4.69) is 10.4 Å². The molecule has 1 aliphatic rings. The van der Waals surface area contributed by atoms with Crippen molar-refractivity contribution in [3.8, 4) is 0 Å². The Kier molecular flexibility index (Phi) is 2.65. The van der Waals surface area contributed by atoms with Gasteiger partial charge in [0.25, 0.3) is 0 Å². The molecule has 0 aliphatic heterocycles. The summed E-state index contributed by atoms with van der Waals surface area (Å²) in [5.74, 6) is 0.800. The van der Waals surface area contributed by atoms with Crippen molar-refractivity contribution in [1.29, 1.82) is 0 Å². The lowest BCUT2D eigenvalue weighted by atomic mass is 10.2. The van der Waals surface area contributed by atoms with Crippen LogP contribution in [0.3, 0.4) is 0 Å². The van der Waals surface area contributed by atoms with Gasteiger partial charge in [-0.05, 0) is 32.6 Å². The van der Waals surface area contributed by atoms with E-state index in [9.17, 15) is 0 Å². The molecular weight excluding hydrogens is 180 g/mol. The number of thiazole rings is 1. The van der Waals surface area contributed by atoms with Gasteiger partial charge >= 0.3 is 0 Å². The van der Waals surface area contributed by atoms with Crippen molar-refractivity contribution in [2.24, 2.45) is 5.73 Å². The van der Waals surface area contributed by atoms with Crippen LogP contribution in [-0.2, 0) is 6.42 Å². The smallest absolute Gasteiger partial charge is 0.0959 e. The third-order valence-electron chi connectivity index (χ3n) is 2.35. The first-order valence-corrected chi connectivity index (χ1v) is 5.83. The highest BCUT2D eigenvalue weighted by Crippen LogP contribution is 2.41. The molecule has 0 aromatic carbocycles. The fourth-order valence-electron chi connectivity index (χ4n) is 1.33. The molecule has 0 amide bonds. The monoisotopic (exact) mass is 196 g/mol. The van der Waals surface area contributed by atoms with Gasteiger partial charge in [0.15, 0.2) is 0 Å². The summed E-state index contributed by atoms with van der Waals surface area (Å²) >= 11 is 1.82. The number of aryl methyl sites for hydroxylation is 1. The molecule has 1 aromatic rings. The summed E-state index contributed by atoms with van der Waals surface area (Å²) in [6.45, 7) is 2.05. The minimum absolute atomic E-state index is 0.297. The number of rotatable bonds is 4.